The van der Waals surface area contributed by atoms with Crippen molar-refractivity contribution in [2.75, 3.05) is 13.1 Å². The van der Waals surface area contributed by atoms with Crippen LogP contribution in [0, 0.1) is 0 Å². The lowest BCUT2D eigenvalue weighted by Crippen LogP contribution is -2.49. The van der Waals surface area contributed by atoms with Crippen molar-refractivity contribution in [3.63, 3.8) is 0 Å². The molecule has 0 aromatic rings. The Bertz CT molecular complexity index is 289. The summed E-state index contributed by atoms with van der Waals surface area (Å²) in [6, 6.07) is -1.51. The first-order valence-electron chi connectivity index (χ1n) is 5.95. The summed E-state index contributed by atoms with van der Waals surface area (Å²) in [5.41, 5.74) is 12.2. The Labute approximate surface area is 107 Å². The predicted molar refractivity (Wildman–Crippen MR) is 65.9 cm³/mol. The minimum Gasteiger partial charge on any atom is -0.676 e. The third-order valence-corrected chi connectivity index (χ3v) is 2.91. The second-order valence-corrected chi connectivity index (χ2v) is 5.44. The van der Waals surface area contributed by atoms with E-state index in [1.54, 1.807) is 20.8 Å². The fourth-order valence-electron chi connectivity index (χ4n) is 2.09. The van der Waals surface area contributed by atoms with Gasteiger partial charge in [0.1, 0.15) is 17.8 Å². The zero-order valence-corrected chi connectivity index (χ0v) is 11.0. The number of hydrogen-bond acceptors (Lipinski definition) is 5. The fourth-order valence-corrected chi connectivity index (χ4v) is 2.09. The van der Waals surface area contributed by atoms with Crippen LogP contribution in [-0.4, -0.2) is 64.2 Å². The molecule has 0 aliphatic carbocycles. The molecule has 0 bridgehead atoms. The molecule has 1 heterocycles. The maximum atomic E-state index is 12.0. The van der Waals surface area contributed by atoms with Crippen molar-refractivity contribution in [1.29, 1.82) is 0 Å². The molecule has 0 aromatic carbocycles. The van der Waals surface area contributed by atoms with Crippen molar-refractivity contribution in [3.05, 3.63) is 5.73 Å². The molecule has 18 heavy (non-hydrogen) atoms. The van der Waals surface area contributed by atoms with Gasteiger partial charge in [-0.05, 0) is 20.8 Å². The summed E-state index contributed by atoms with van der Waals surface area (Å²) in [6.45, 7) is 4.96. The van der Waals surface area contributed by atoms with E-state index in [1.807, 2.05) is 0 Å². The molecule has 5 N–H and O–H groups in total. The van der Waals surface area contributed by atoms with Gasteiger partial charge in [0.25, 0.3) is 0 Å². The van der Waals surface area contributed by atoms with Gasteiger partial charge < -0.3 is 26.4 Å². The van der Waals surface area contributed by atoms with Gasteiger partial charge in [-0.15, -0.1) is 6.54 Å². The molecule has 0 unspecified atom stereocenters. The SMILES string of the molecule is CC(C)(C)OC(=O)N1[C@H](C[NH-])[C@@H](O)[C@H](O)[C@H]1CN. The standard InChI is InChI=1S/C11H22N3O4/c1-11(2,3)18-10(17)14-6(4-12)8(15)9(16)7(14)5-13/h6-9,12,15-16H,4-5,13H2,1-3H3/q-1/t6-,7-,8-,9-/m1/s1. The topological polar surface area (TPSA) is 120 Å². The summed E-state index contributed by atoms with van der Waals surface area (Å²) in [4.78, 5) is 13.2. The van der Waals surface area contributed by atoms with E-state index < -0.39 is 36.0 Å². The molecule has 0 aromatic heterocycles. The Morgan fingerprint density at radius 3 is 2.22 bits per heavy atom. The van der Waals surface area contributed by atoms with Crippen LogP contribution in [-0.2, 0) is 4.74 Å². The van der Waals surface area contributed by atoms with Crippen LogP contribution in [0.5, 0.6) is 0 Å². The molecule has 1 fully saturated rings. The number of rotatable bonds is 2. The molecule has 1 aliphatic heterocycles. The normalized spacial score (nSPS) is 32.7. The highest BCUT2D eigenvalue weighted by Gasteiger charge is 2.48. The van der Waals surface area contributed by atoms with Crippen LogP contribution >= 0.6 is 0 Å². The second-order valence-electron chi connectivity index (χ2n) is 5.44. The predicted octanol–water partition coefficient (Wildman–Crippen LogP) is -0.293. The van der Waals surface area contributed by atoms with Crippen LogP contribution in [0.1, 0.15) is 20.8 Å². The molecule has 1 rings (SSSR count). The van der Waals surface area contributed by atoms with E-state index in [9.17, 15) is 15.0 Å². The van der Waals surface area contributed by atoms with Crippen molar-refractivity contribution in [3.8, 4) is 0 Å². The number of carbonyl (C=O) groups excluding carboxylic acids is 1. The van der Waals surface area contributed by atoms with Crippen LogP contribution in [0.25, 0.3) is 5.73 Å². The van der Waals surface area contributed by atoms with Gasteiger partial charge in [0.15, 0.2) is 0 Å². The van der Waals surface area contributed by atoms with Gasteiger partial charge >= 0.3 is 6.09 Å². The highest BCUT2D eigenvalue weighted by molar-refractivity contribution is 5.70. The van der Waals surface area contributed by atoms with Crippen molar-refractivity contribution in [1.82, 2.24) is 4.90 Å². The van der Waals surface area contributed by atoms with E-state index in [0.29, 0.717) is 0 Å². The molecular weight excluding hydrogens is 238 g/mol. The minimum absolute atomic E-state index is 0.00791. The first-order chi connectivity index (χ1) is 8.22. The number of nitrogens with one attached hydrogen (secondary N) is 1. The number of hydrogen-bond donors (Lipinski definition) is 3. The van der Waals surface area contributed by atoms with Gasteiger partial charge in [-0.1, -0.05) is 0 Å². The van der Waals surface area contributed by atoms with Crippen LogP contribution in [0.15, 0.2) is 0 Å². The second kappa shape index (κ2) is 5.40. The summed E-state index contributed by atoms with van der Waals surface area (Å²) in [5, 5.41) is 19.6. The molecule has 0 radical (unpaired) electrons. The van der Waals surface area contributed by atoms with Crippen molar-refractivity contribution in [2.24, 2.45) is 5.73 Å². The number of ether oxygens (including phenoxy) is 1. The zero-order chi connectivity index (χ0) is 14.1. The monoisotopic (exact) mass is 260 g/mol. The number of amides is 1. The van der Waals surface area contributed by atoms with Gasteiger partial charge in [-0.2, -0.15) is 0 Å². The Balaban J connectivity index is 2.91. The first kappa shape index (κ1) is 15.2. The third-order valence-electron chi connectivity index (χ3n) is 2.91. The number of aliphatic hydroxyl groups is 2. The molecule has 4 atom stereocenters. The maximum Gasteiger partial charge on any atom is 0.410 e. The Hall–Kier alpha value is -0.890. The van der Waals surface area contributed by atoms with E-state index in [1.165, 1.54) is 4.90 Å². The number of aliphatic hydroxyl groups excluding tert-OH is 2. The number of likely N-dealkylation sites (tertiary alicyclic amines) is 1. The molecule has 0 spiro atoms. The first-order valence-corrected chi connectivity index (χ1v) is 5.95. The molecule has 7 nitrogen and oxygen atoms in total. The number of carbonyl (C=O) groups is 1. The van der Waals surface area contributed by atoms with Crippen LogP contribution < -0.4 is 5.73 Å². The summed E-state index contributed by atoms with van der Waals surface area (Å²) in [5.74, 6) is 0. The van der Waals surface area contributed by atoms with Crippen LogP contribution in [0.3, 0.4) is 0 Å². The van der Waals surface area contributed by atoms with E-state index in [0.717, 1.165) is 0 Å². The quantitative estimate of drug-likeness (QED) is 0.630. The smallest absolute Gasteiger partial charge is 0.410 e. The van der Waals surface area contributed by atoms with Gasteiger partial charge in [0, 0.05) is 12.6 Å². The largest absolute Gasteiger partial charge is 0.676 e. The Morgan fingerprint density at radius 1 is 1.33 bits per heavy atom. The summed E-state index contributed by atoms with van der Waals surface area (Å²) in [7, 11) is 0. The fraction of sp³-hybridized carbons (Fsp3) is 0.909. The molecule has 1 saturated heterocycles. The van der Waals surface area contributed by atoms with Gasteiger partial charge in [-0.25, -0.2) is 4.79 Å². The van der Waals surface area contributed by atoms with E-state index in [4.69, 9.17) is 16.2 Å². The van der Waals surface area contributed by atoms with Crippen molar-refractivity contribution in [2.45, 2.75) is 50.7 Å². The average molecular weight is 260 g/mol. The lowest BCUT2D eigenvalue weighted by atomic mass is 10.1. The molecule has 1 amide bonds. The van der Waals surface area contributed by atoms with E-state index >= 15 is 0 Å². The Kier molecular flexibility index (Phi) is 4.55. The van der Waals surface area contributed by atoms with Crippen LogP contribution in [0.4, 0.5) is 4.79 Å². The van der Waals surface area contributed by atoms with Crippen molar-refractivity contribution < 1.29 is 19.7 Å². The van der Waals surface area contributed by atoms with Gasteiger partial charge in [0.2, 0.25) is 0 Å². The number of nitrogens with zero attached hydrogens (tertiary/aromatic N) is 1. The third kappa shape index (κ3) is 2.92. The summed E-state index contributed by atoms with van der Waals surface area (Å²) >= 11 is 0. The van der Waals surface area contributed by atoms with E-state index in [-0.39, 0.29) is 13.1 Å². The van der Waals surface area contributed by atoms with E-state index in [2.05, 4.69) is 0 Å². The summed E-state index contributed by atoms with van der Waals surface area (Å²) in [6.07, 6.45) is -2.97. The van der Waals surface area contributed by atoms with Gasteiger partial charge in [0.05, 0.1) is 6.04 Å². The summed E-state index contributed by atoms with van der Waals surface area (Å²) < 4.78 is 5.21. The number of nitrogens with two attached hydrogens (primary N) is 1. The maximum absolute atomic E-state index is 12.0. The average Bonchev–Trinajstić information content (AvgIpc) is 2.49. The van der Waals surface area contributed by atoms with Crippen molar-refractivity contribution >= 4 is 6.09 Å². The molecule has 1 aliphatic rings. The van der Waals surface area contributed by atoms with Crippen LogP contribution in [0.2, 0.25) is 0 Å². The highest BCUT2D eigenvalue weighted by Crippen LogP contribution is 2.27. The molecular formula is C11H22N3O4-. The Morgan fingerprint density at radius 2 is 1.83 bits per heavy atom. The lowest BCUT2D eigenvalue weighted by Gasteiger charge is -2.33. The zero-order valence-electron chi connectivity index (χ0n) is 11.0. The molecule has 106 valence electrons. The van der Waals surface area contributed by atoms with Gasteiger partial charge in [-0.3, -0.25) is 4.90 Å². The molecule has 0 saturated carbocycles. The lowest BCUT2D eigenvalue weighted by molar-refractivity contribution is 0.0106. The highest BCUT2D eigenvalue weighted by atomic mass is 16.6. The molecule has 7 heteroatoms. The minimum atomic E-state index is -1.16.